The van der Waals surface area contributed by atoms with Gasteiger partial charge < -0.3 is 21.3 Å². The fourth-order valence-electron chi connectivity index (χ4n) is 2.78. The maximum absolute atomic E-state index is 12.2. The van der Waals surface area contributed by atoms with Crippen LogP contribution in [0.25, 0.3) is 0 Å². The number of hydrogen-bond donors (Lipinski definition) is 3. The fraction of sp³-hybridized carbons (Fsp3) is 0.267. The van der Waals surface area contributed by atoms with Crippen molar-refractivity contribution < 1.29 is 4.79 Å². The zero-order chi connectivity index (χ0) is 16.1. The second-order valence-corrected chi connectivity index (χ2v) is 5.84. The smallest absolute Gasteiger partial charge is 0.270 e. The Kier molecular flexibility index (Phi) is 2.94. The number of nitrogens with zero attached hydrogens (tertiary/aromatic N) is 3. The molecule has 2 aliphatic heterocycles. The number of nitrogens with one attached hydrogen (secondary N) is 2. The zero-order valence-electron chi connectivity index (χ0n) is 12.8. The van der Waals surface area contributed by atoms with Gasteiger partial charge in [0.15, 0.2) is 0 Å². The van der Waals surface area contributed by atoms with Gasteiger partial charge >= 0.3 is 0 Å². The molecule has 3 rings (SSSR count). The van der Waals surface area contributed by atoms with Crippen molar-refractivity contribution in [1.29, 1.82) is 0 Å². The van der Waals surface area contributed by atoms with Crippen LogP contribution >= 0.6 is 0 Å². The number of allylic oxidation sites excluding steroid dienone is 2. The molecule has 114 valence electrons. The molecule has 1 aromatic rings. The van der Waals surface area contributed by atoms with Gasteiger partial charge in [-0.2, -0.15) is 0 Å². The van der Waals surface area contributed by atoms with E-state index >= 15 is 0 Å². The fourth-order valence-corrected chi connectivity index (χ4v) is 2.78. The average molecular weight is 298 g/mol. The van der Waals surface area contributed by atoms with E-state index in [1.165, 1.54) is 6.33 Å². The first-order valence-electron chi connectivity index (χ1n) is 6.89. The van der Waals surface area contributed by atoms with Gasteiger partial charge in [-0.15, -0.1) is 0 Å². The summed E-state index contributed by atoms with van der Waals surface area (Å²) in [5.74, 6) is 0.864. The third-order valence-electron chi connectivity index (χ3n) is 3.68. The predicted molar refractivity (Wildman–Crippen MR) is 84.1 cm³/mol. The Bertz CT molecular complexity index is 746. The second-order valence-electron chi connectivity index (χ2n) is 5.84. The number of carbonyl (C=O) groups is 1. The maximum Gasteiger partial charge on any atom is 0.270 e. The van der Waals surface area contributed by atoms with Gasteiger partial charge in [0.1, 0.15) is 29.3 Å². The molecule has 0 radical (unpaired) electrons. The summed E-state index contributed by atoms with van der Waals surface area (Å²) in [5.41, 5.74) is 8.09. The van der Waals surface area contributed by atoms with E-state index in [4.69, 9.17) is 5.73 Å². The first-order chi connectivity index (χ1) is 10.3. The van der Waals surface area contributed by atoms with E-state index in [1.807, 2.05) is 31.7 Å². The van der Waals surface area contributed by atoms with Crippen LogP contribution in [0.5, 0.6) is 0 Å². The van der Waals surface area contributed by atoms with Crippen molar-refractivity contribution in [2.75, 3.05) is 11.1 Å². The lowest BCUT2D eigenvalue weighted by molar-refractivity contribution is -0.117. The van der Waals surface area contributed by atoms with Crippen LogP contribution in [0, 0.1) is 0 Å². The number of carbonyl (C=O) groups excluding carboxylic acids is 1. The van der Waals surface area contributed by atoms with Crippen LogP contribution in [-0.4, -0.2) is 26.4 Å². The van der Waals surface area contributed by atoms with Crippen LogP contribution in [0.3, 0.4) is 0 Å². The number of fused-ring (bicyclic) bond motifs is 1. The largest absolute Gasteiger partial charge is 0.384 e. The molecule has 2 aliphatic rings. The van der Waals surface area contributed by atoms with Crippen molar-refractivity contribution in [2.24, 2.45) is 0 Å². The quantitative estimate of drug-likeness (QED) is 0.762. The minimum Gasteiger partial charge on any atom is -0.384 e. The average Bonchev–Trinajstić information content (AvgIpc) is 2.65. The Balaban J connectivity index is 1.99. The minimum atomic E-state index is -0.531. The van der Waals surface area contributed by atoms with Crippen molar-refractivity contribution in [2.45, 2.75) is 26.4 Å². The van der Waals surface area contributed by atoms with Crippen molar-refractivity contribution in [3.05, 3.63) is 47.7 Å². The van der Waals surface area contributed by atoms with Crippen molar-refractivity contribution >= 4 is 17.5 Å². The van der Waals surface area contributed by atoms with E-state index in [2.05, 4.69) is 27.2 Å². The van der Waals surface area contributed by atoms with Crippen LogP contribution in [0.2, 0.25) is 0 Å². The lowest BCUT2D eigenvalue weighted by Crippen LogP contribution is -2.46. The summed E-state index contributed by atoms with van der Waals surface area (Å²) < 4.78 is 0. The molecular weight excluding hydrogens is 280 g/mol. The Hall–Kier alpha value is -2.83. The highest BCUT2D eigenvalue weighted by molar-refractivity contribution is 5.98. The number of nitrogens with two attached hydrogens (primary N) is 1. The molecule has 0 spiro atoms. The topological polar surface area (TPSA) is 96.2 Å². The predicted octanol–water partition coefficient (Wildman–Crippen LogP) is 1.32. The highest BCUT2D eigenvalue weighted by Crippen LogP contribution is 2.38. The number of rotatable bonds is 2. The van der Waals surface area contributed by atoms with E-state index in [-0.39, 0.29) is 5.91 Å². The lowest BCUT2D eigenvalue weighted by atomic mass is 10.0. The number of nitrogen functional groups attached to an aromatic ring is 1. The van der Waals surface area contributed by atoms with Gasteiger partial charge in [-0.3, -0.25) is 4.79 Å². The Labute approximate surface area is 128 Å². The molecular formula is C15H18N6O. The van der Waals surface area contributed by atoms with Crippen LogP contribution in [0.15, 0.2) is 47.7 Å². The number of amides is 1. The Morgan fingerprint density at radius 3 is 2.82 bits per heavy atom. The van der Waals surface area contributed by atoms with Crippen LogP contribution < -0.4 is 16.4 Å². The number of hydrogen-bond acceptors (Lipinski definition) is 6. The molecule has 1 aromatic heterocycles. The summed E-state index contributed by atoms with van der Waals surface area (Å²) in [6.07, 6.45) is 3.27. The second kappa shape index (κ2) is 4.59. The molecule has 1 fully saturated rings. The van der Waals surface area contributed by atoms with Crippen LogP contribution in [-0.2, 0) is 4.79 Å². The van der Waals surface area contributed by atoms with Crippen molar-refractivity contribution in [3.8, 4) is 0 Å². The standard InChI is InChI=1S/C15H18N6O/c1-8-5-10(19-12-6-11(16)17-7-18-12)9(2)21-13(8)14(22)20-15(21,3)4/h5-7H,2H2,1,3-4H3,(H,20,22)(H3,16,17,18,19). The molecule has 7 nitrogen and oxygen atoms in total. The summed E-state index contributed by atoms with van der Waals surface area (Å²) in [6.45, 7) is 9.88. The molecule has 0 aliphatic carbocycles. The highest BCUT2D eigenvalue weighted by Gasteiger charge is 2.44. The first kappa shape index (κ1) is 14.1. The van der Waals surface area contributed by atoms with Gasteiger partial charge in [-0.25, -0.2) is 9.97 Å². The van der Waals surface area contributed by atoms with E-state index in [0.717, 1.165) is 11.3 Å². The molecule has 0 saturated carbocycles. The van der Waals surface area contributed by atoms with Gasteiger partial charge in [-0.1, -0.05) is 6.58 Å². The molecule has 0 atom stereocenters. The van der Waals surface area contributed by atoms with Gasteiger partial charge in [0.05, 0.1) is 11.4 Å². The van der Waals surface area contributed by atoms with Crippen molar-refractivity contribution in [3.63, 3.8) is 0 Å². The molecule has 3 heterocycles. The molecule has 1 saturated heterocycles. The van der Waals surface area contributed by atoms with E-state index in [9.17, 15) is 4.79 Å². The number of aromatic nitrogens is 2. The molecule has 1 amide bonds. The summed E-state index contributed by atoms with van der Waals surface area (Å²) >= 11 is 0. The van der Waals surface area contributed by atoms with Gasteiger partial charge in [-0.05, 0) is 32.4 Å². The lowest BCUT2D eigenvalue weighted by Gasteiger charge is -2.37. The summed E-state index contributed by atoms with van der Waals surface area (Å²) in [4.78, 5) is 22.0. The third-order valence-corrected chi connectivity index (χ3v) is 3.68. The van der Waals surface area contributed by atoms with Gasteiger partial charge in [0.25, 0.3) is 5.91 Å². The minimum absolute atomic E-state index is 0.0924. The molecule has 0 bridgehead atoms. The summed E-state index contributed by atoms with van der Waals surface area (Å²) in [5, 5.41) is 6.13. The van der Waals surface area contributed by atoms with Gasteiger partial charge in [0.2, 0.25) is 0 Å². The van der Waals surface area contributed by atoms with Crippen molar-refractivity contribution in [1.82, 2.24) is 20.2 Å². The van der Waals surface area contributed by atoms with Crippen LogP contribution in [0.1, 0.15) is 20.8 Å². The normalized spacial score (nSPS) is 19.8. The maximum atomic E-state index is 12.2. The van der Waals surface area contributed by atoms with E-state index in [0.29, 0.717) is 23.0 Å². The molecule has 0 aromatic carbocycles. The SMILES string of the molecule is C=C1C(Nc2cc(N)ncn2)=CC(C)=C2C(=O)NC(C)(C)N12. The Morgan fingerprint density at radius 1 is 1.41 bits per heavy atom. The van der Waals surface area contributed by atoms with Gasteiger partial charge in [0, 0.05) is 6.07 Å². The summed E-state index contributed by atoms with van der Waals surface area (Å²) in [7, 11) is 0. The monoisotopic (exact) mass is 298 g/mol. The first-order valence-corrected chi connectivity index (χ1v) is 6.89. The van der Waals surface area contributed by atoms with E-state index in [1.54, 1.807) is 6.07 Å². The molecule has 7 heteroatoms. The van der Waals surface area contributed by atoms with Crippen LogP contribution in [0.4, 0.5) is 11.6 Å². The van der Waals surface area contributed by atoms with E-state index < -0.39 is 5.66 Å². The molecule has 0 unspecified atom stereocenters. The molecule has 22 heavy (non-hydrogen) atoms. The number of anilines is 2. The Morgan fingerprint density at radius 2 is 2.14 bits per heavy atom. The molecule has 4 N–H and O–H groups in total. The highest BCUT2D eigenvalue weighted by atomic mass is 16.2. The zero-order valence-corrected chi connectivity index (χ0v) is 12.8. The summed E-state index contributed by atoms with van der Waals surface area (Å²) in [6, 6.07) is 1.64. The third kappa shape index (κ3) is 2.11.